The highest BCUT2D eigenvalue weighted by Crippen LogP contribution is 2.34. The average molecular weight is 214 g/mol. The minimum absolute atomic E-state index is 0.231. The van der Waals surface area contributed by atoms with Gasteiger partial charge in [0.15, 0.2) is 0 Å². The molecule has 5 nitrogen and oxygen atoms in total. The van der Waals surface area contributed by atoms with Gasteiger partial charge in [-0.25, -0.2) is 0 Å². The van der Waals surface area contributed by atoms with Gasteiger partial charge < -0.3 is 16.2 Å². The number of nitrogens with one attached hydrogen (secondary N) is 1. The molecule has 0 aromatic carbocycles. The van der Waals surface area contributed by atoms with Gasteiger partial charge in [-0.3, -0.25) is 9.59 Å². The number of rotatable bonds is 5. The summed E-state index contributed by atoms with van der Waals surface area (Å²) >= 11 is 0. The van der Waals surface area contributed by atoms with E-state index in [1.54, 1.807) is 0 Å². The summed E-state index contributed by atoms with van der Waals surface area (Å²) in [7, 11) is 0. The molecule has 1 aliphatic rings. The Morgan fingerprint density at radius 3 is 2.33 bits per heavy atom. The van der Waals surface area contributed by atoms with Gasteiger partial charge in [0.05, 0.1) is 0 Å². The second-order valence-electron chi connectivity index (χ2n) is 4.58. The molecule has 0 aromatic heterocycles. The van der Waals surface area contributed by atoms with E-state index in [1.807, 2.05) is 13.8 Å². The Hall–Kier alpha value is -1.10. The second kappa shape index (κ2) is 4.18. The van der Waals surface area contributed by atoms with E-state index in [0.717, 1.165) is 0 Å². The molecule has 0 aliphatic heterocycles. The summed E-state index contributed by atoms with van der Waals surface area (Å²) < 4.78 is 0. The van der Waals surface area contributed by atoms with Crippen molar-refractivity contribution in [1.82, 2.24) is 5.32 Å². The van der Waals surface area contributed by atoms with E-state index in [1.165, 1.54) is 0 Å². The third-order valence-corrected chi connectivity index (χ3v) is 2.58. The maximum absolute atomic E-state index is 11.5. The highest BCUT2D eigenvalue weighted by Gasteiger charge is 2.50. The SMILES string of the molecule is CC(C)CC(O)C(=O)NC1(C(N)=O)CC1. The van der Waals surface area contributed by atoms with Crippen LogP contribution in [0.3, 0.4) is 0 Å². The molecule has 0 bridgehead atoms. The third-order valence-electron chi connectivity index (χ3n) is 2.58. The first-order chi connectivity index (χ1) is 6.87. The number of hydrogen-bond acceptors (Lipinski definition) is 3. The zero-order valence-corrected chi connectivity index (χ0v) is 9.12. The van der Waals surface area contributed by atoms with Crippen molar-refractivity contribution in [1.29, 1.82) is 0 Å². The van der Waals surface area contributed by atoms with Gasteiger partial charge in [0, 0.05) is 0 Å². The van der Waals surface area contributed by atoms with Gasteiger partial charge in [-0.15, -0.1) is 0 Å². The van der Waals surface area contributed by atoms with Gasteiger partial charge in [0.1, 0.15) is 11.6 Å². The third kappa shape index (κ3) is 2.92. The maximum atomic E-state index is 11.5. The van der Waals surface area contributed by atoms with E-state index >= 15 is 0 Å². The minimum Gasteiger partial charge on any atom is -0.383 e. The predicted molar refractivity (Wildman–Crippen MR) is 54.8 cm³/mol. The van der Waals surface area contributed by atoms with Crippen LogP contribution < -0.4 is 11.1 Å². The van der Waals surface area contributed by atoms with Gasteiger partial charge in [0.25, 0.3) is 0 Å². The summed E-state index contributed by atoms with van der Waals surface area (Å²) in [6, 6.07) is 0. The Labute approximate surface area is 89.0 Å². The van der Waals surface area contributed by atoms with Crippen molar-refractivity contribution in [2.24, 2.45) is 11.7 Å². The van der Waals surface area contributed by atoms with Crippen LogP contribution in [0.1, 0.15) is 33.1 Å². The summed E-state index contributed by atoms with van der Waals surface area (Å²) in [5.74, 6) is -0.790. The van der Waals surface area contributed by atoms with Crippen LogP contribution in [0.25, 0.3) is 0 Å². The predicted octanol–water partition coefficient (Wildman–Crippen LogP) is -0.473. The summed E-state index contributed by atoms with van der Waals surface area (Å²) in [4.78, 5) is 22.5. The van der Waals surface area contributed by atoms with Crippen LogP contribution in [-0.4, -0.2) is 28.6 Å². The molecule has 4 N–H and O–H groups in total. The highest BCUT2D eigenvalue weighted by molar-refractivity contribution is 5.94. The van der Waals surface area contributed by atoms with E-state index < -0.39 is 23.5 Å². The second-order valence-corrected chi connectivity index (χ2v) is 4.58. The van der Waals surface area contributed by atoms with Crippen LogP contribution in [0.15, 0.2) is 0 Å². The lowest BCUT2D eigenvalue weighted by Gasteiger charge is -2.17. The molecule has 1 aliphatic carbocycles. The molecule has 0 heterocycles. The van der Waals surface area contributed by atoms with E-state index in [2.05, 4.69) is 5.32 Å². The van der Waals surface area contributed by atoms with Crippen molar-refractivity contribution in [2.45, 2.75) is 44.8 Å². The molecule has 1 rings (SSSR count). The fourth-order valence-electron chi connectivity index (χ4n) is 1.43. The van der Waals surface area contributed by atoms with Gasteiger partial charge in [-0.1, -0.05) is 13.8 Å². The Morgan fingerprint density at radius 2 is 2.00 bits per heavy atom. The van der Waals surface area contributed by atoms with Crippen LogP contribution in [0.5, 0.6) is 0 Å². The lowest BCUT2D eigenvalue weighted by Crippen LogP contribution is -2.50. The number of aliphatic hydroxyl groups excluding tert-OH is 1. The maximum Gasteiger partial charge on any atom is 0.249 e. The van der Waals surface area contributed by atoms with Crippen molar-refractivity contribution in [3.05, 3.63) is 0 Å². The standard InChI is InChI=1S/C10H18N2O3/c1-6(2)5-7(13)8(14)12-10(3-4-10)9(11)15/h6-7,13H,3-5H2,1-2H3,(H2,11,15)(H,12,14). The van der Waals surface area contributed by atoms with Crippen LogP contribution in [-0.2, 0) is 9.59 Å². The molecular formula is C10H18N2O3. The number of amides is 2. The Balaban J connectivity index is 2.45. The van der Waals surface area contributed by atoms with E-state index in [-0.39, 0.29) is 5.92 Å². The number of nitrogens with two attached hydrogens (primary N) is 1. The molecule has 1 saturated carbocycles. The van der Waals surface area contributed by atoms with Gasteiger partial charge >= 0.3 is 0 Å². The average Bonchev–Trinajstić information content (AvgIpc) is 2.84. The summed E-state index contributed by atoms with van der Waals surface area (Å²) in [6.45, 7) is 3.83. The van der Waals surface area contributed by atoms with Gasteiger partial charge in [-0.05, 0) is 25.2 Å². The Kier molecular flexibility index (Phi) is 3.34. The molecule has 15 heavy (non-hydrogen) atoms. The normalized spacial score (nSPS) is 19.7. The Bertz CT molecular complexity index is 272. The molecule has 0 aromatic rings. The first kappa shape index (κ1) is 12.0. The van der Waals surface area contributed by atoms with Gasteiger partial charge in [-0.2, -0.15) is 0 Å². The number of carbonyl (C=O) groups excluding carboxylic acids is 2. The van der Waals surface area contributed by atoms with E-state index in [4.69, 9.17) is 5.73 Å². The molecule has 0 spiro atoms. The monoisotopic (exact) mass is 214 g/mol. The fourth-order valence-corrected chi connectivity index (χ4v) is 1.43. The van der Waals surface area contributed by atoms with Crippen molar-refractivity contribution < 1.29 is 14.7 Å². The molecule has 1 unspecified atom stereocenters. The van der Waals surface area contributed by atoms with Crippen molar-refractivity contribution in [2.75, 3.05) is 0 Å². The summed E-state index contributed by atoms with van der Waals surface area (Å²) in [6.07, 6.45) is 0.479. The summed E-state index contributed by atoms with van der Waals surface area (Å²) in [5, 5.41) is 12.0. The molecule has 0 saturated heterocycles. The molecule has 0 radical (unpaired) electrons. The largest absolute Gasteiger partial charge is 0.383 e. The highest BCUT2D eigenvalue weighted by atomic mass is 16.3. The lowest BCUT2D eigenvalue weighted by molar-refractivity contribution is -0.134. The number of carbonyl (C=O) groups is 2. The number of aliphatic hydroxyl groups is 1. The van der Waals surface area contributed by atoms with Gasteiger partial charge in [0.2, 0.25) is 11.8 Å². The smallest absolute Gasteiger partial charge is 0.249 e. The first-order valence-corrected chi connectivity index (χ1v) is 5.17. The van der Waals surface area contributed by atoms with Crippen molar-refractivity contribution in [3.8, 4) is 0 Å². The Morgan fingerprint density at radius 1 is 1.47 bits per heavy atom. The number of hydrogen-bond donors (Lipinski definition) is 3. The molecule has 86 valence electrons. The molecule has 1 fully saturated rings. The fraction of sp³-hybridized carbons (Fsp3) is 0.800. The molecular weight excluding hydrogens is 196 g/mol. The first-order valence-electron chi connectivity index (χ1n) is 5.17. The van der Waals surface area contributed by atoms with Crippen LogP contribution in [0, 0.1) is 5.92 Å². The summed E-state index contributed by atoms with van der Waals surface area (Å²) in [5.41, 5.74) is 4.27. The van der Waals surface area contributed by atoms with E-state index in [0.29, 0.717) is 19.3 Å². The van der Waals surface area contributed by atoms with Crippen LogP contribution >= 0.6 is 0 Å². The van der Waals surface area contributed by atoms with E-state index in [9.17, 15) is 14.7 Å². The van der Waals surface area contributed by atoms with Crippen molar-refractivity contribution in [3.63, 3.8) is 0 Å². The zero-order valence-electron chi connectivity index (χ0n) is 9.12. The molecule has 1 atom stereocenters. The molecule has 2 amide bonds. The quantitative estimate of drug-likeness (QED) is 0.577. The lowest BCUT2D eigenvalue weighted by atomic mass is 10.1. The zero-order chi connectivity index (χ0) is 11.6. The minimum atomic E-state index is -1.05. The number of primary amides is 1. The van der Waals surface area contributed by atoms with Crippen molar-refractivity contribution >= 4 is 11.8 Å². The van der Waals surface area contributed by atoms with Crippen LogP contribution in [0.2, 0.25) is 0 Å². The van der Waals surface area contributed by atoms with Crippen LogP contribution in [0.4, 0.5) is 0 Å². The topological polar surface area (TPSA) is 92.4 Å². The molecule has 5 heteroatoms.